The van der Waals surface area contributed by atoms with Crippen molar-refractivity contribution in [2.45, 2.75) is 6.42 Å². The molecule has 2 nitrogen and oxygen atoms in total. The molecule has 0 amide bonds. The van der Waals surface area contributed by atoms with Gasteiger partial charge in [0.1, 0.15) is 11.6 Å². The zero-order chi connectivity index (χ0) is 15.0. The summed E-state index contributed by atoms with van der Waals surface area (Å²) in [6.07, 6.45) is 0.598. The molecule has 0 radical (unpaired) electrons. The van der Waals surface area contributed by atoms with Crippen LogP contribution in [0.2, 0.25) is 5.02 Å². The molecule has 0 atom stereocenters. The molecule has 0 fully saturated rings. The minimum atomic E-state index is -0.451. The van der Waals surface area contributed by atoms with E-state index in [4.69, 9.17) is 23.2 Å². The van der Waals surface area contributed by atoms with Crippen LogP contribution in [0.25, 0.3) is 16.7 Å². The first-order valence-corrected chi connectivity index (χ1v) is 8.27. The molecule has 1 heterocycles. The summed E-state index contributed by atoms with van der Waals surface area (Å²) in [6, 6.07) is 10.9. The van der Waals surface area contributed by atoms with Crippen LogP contribution in [-0.2, 0) is 6.42 Å². The zero-order valence-electron chi connectivity index (χ0n) is 10.8. The molecule has 3 rings (SSSR count). The van der Waals surface area contributed by atoms with Crippen molar-refractivity contribution < 1.29 is 4.39 Å². The summed E-state index contributed by atoms with van der Waals surface area (Å²) in [6.45, 7) is 0. The number of rotatable bonds is 3. The Balaban J connectivity index is 2.32. The highest BCUT2D eigenvalue weighted by molar-refractivity contribution is 14.1. The molecule has 0 aliphatic carbocycles. The fourth-order valence-electron chi connectivity index (χ4n) is 2.28. The lowest BCUT2D eigenvalue weighted by molar-refractivity contribution is 0.629. The number of hydrogen-bond donors (Lipinski definition) is 0. The van der Waals surface area contributed by atoms with E-state index in [-0.39, 0.29) is 5.02 Å². The largest absolute Gasteiger partial charge is 0.296 e. The molecular formula is C15H10Cl2FIN2. The first-order valence-electron chi connectivity index (χ1n) is 6.28. The second kappa shape index (κ2) is 6.10. The highest BCUT2D eigenvalue weighted by Crippen LogP contribution is 2.27. The van der Waals surface area contributed by atoms with Gasteiger partial charge in [-0.3, -0.25) is 4.57 Å². The van der Waals surface area contributed by atoms with Gasteiger partial charge in [-0.1, -0.05) is 17.7 Å². The first-order chi connectivity index (χ1) is 10.1. The van der Waals surface area contributed by atoms with Crippen LogP contribution in [0, 0.1) is 9.39 Å². The molecule has 0 bridgehead atoms. The maximum absolute atomic E-state index is 13.8. The van der Waals surface area contributed by atoms with Crippen LogP contribution in [0.1, 0.15) is 5.82 Å². The molecule has 0 saturated carbocycles. The summed E-state index contributed by atoms with van der Waals surface area (Å²) in [5, 5.41) is 0.0761. The number of hydrogen-bond acceptors (Lipinski definition) is 1. The van der Waals surface area contributed by atoms with E-state index >= 15 is 0 Å². The summed E-state index contributed by atoms with van der Waals surface area (Å²) in [5.41, 5.74) is 2.30. The van der Waals surface area contributed by atoms with E-state index in [0.717, 1.165) is 15.1 Å². The molecule has 21 heavy (non-hydrogen) atoms. The summed E-state index contributed by atoms with van der Waals surface area (Å²) in [5.74, 6) is 0.792. The quantitative estimate of drug-likeness (QED) is 0.409. The van der Waals surface area contributed by atoms with E-state index < -0.39 is 5.82 Å². The van der Waals surface area contributed by atoms with Gasteiger partial charge in [0, 0.05) is 27.6 Å². The van der Waals surface area contributed by atoms with Crippen molar-refractivity contribution in [3.63, 3.8) is 0 Å². The second-order valence-electron chi connectivity index (χ2n) is 4.54. The normalized spacial score (nSPS) is 11.2. The Morgan fingerprint density at radius 1 is 1.24 bits per heavy atom. The number of aromatic nitrogens is 2. The molecule has 1 aromatic heterocycles. The predicted octanol–water partition coefficient (Wildman–Crippen LogP) is 5.20. The van der Waals surface area contributed by atoms with Crippen LogP contribution in [0.5, 0.6) is 0 Å². The van der Waals surface area contributed by atoms with Crippen molar-refractivity contribution in [3.05, 3.63) is 56.6 Å². The van der Waals surface area contributed by atoms with Gasteiger partial charge in [0.2, 0.25) is 0 Å². The Morgan fingerprint density at radius 2 is 2.05 bits per heavy atom. The summed E-state index contributed by atoms with van der Waals surface area (Å²) >= 11 is 14.0. The first kappa shape index (κ1) is 15.1. The van der Waals surface area contributed by atoms with Crippen LogP contribution in [0.3, 0.4) is 0 Å². The Bertz CT molecular complexity index is 817. The molecular weight excluding hydrogens is 425 g/mol. The van der Waals surface area contributed by atoms with Crippen LogP contribution in [-0.4, -0.2) is 15.4 Å². The third-order valence-electron chi connectivity index (χ3n) is 3.15. The average Bonchev–Trinajstić information content (AvgIpc) is 2.77. The molecule has 0 saturated heterocycles. The lowest BCUT2D eigenvalue weighted by Gasteiger charge is -2.09. The van der Waals surface area contributed by atoms with Crippen molar-refractivity contribution >= 4 is 56.8 Å². The molecule has 2 aromatic carbocycles. The average molecular weight is 435 g/mol. The van der Waals surface area contributed by atoms with Gasteiger partial charge in [0.15, 0.2) is 0 Å². The van der Waals surface area contributed by atoms with Crippen molar-refractivity contribution in [3.8, 4) is 5.69 Å². The number of aryl methyl sites for hydroxylation is 1. The van der Waals surface area contributed by atoms with Crippen molar-refractivity contribution in [1.29, 1.82) is 0 Å². The number of benzene rings is 2. The number of fused-ring (bicyclic) bond motifs is 1. The van der Waals surface area contributed by atoms with Gasteiger partial charge in [-0.05, 0) is 46.9 Å². The number of imidazole rings is 1. The minimum Gasteiger partial charge on any atom is -0.296 e. The molecule has 0 N–H and O–H groups in total. The van der Waals surface area contributed by atoms with Gasteiger partial charge < -0.3 is 0 Å². The maximum Gasteiger partial charge on any atom is 0.144 e. The van der Waals surface area contributed by atoms with Crippen LogP contribution >= 0.6 is 45.8 Å². The summed E-state index contributed by atoms with van der Waals surface area (Å²) in [7, 11) is 0. The van der Waals surface area contributed by atoms with Crippen molar-refractivity contribution in [2.24, 2.45) is 0 Å². The monoisotopic (exact) mass is 434 g/mol. The van der Waals surface area contributed by atoms with Gasteiger partial charge in [-0.15, -0.1) is 11.6 Å². The van der Waals surface area contributed by atoms with Crippen LogP contribution in [0.15, 0.2) is 36.4 Å². The van der Waals surface area contributed by atoms with Gasteiger partial charge in [-0.2, -0.15) is 0 Å². The fraction of sp³-hybridized carbons (Fsp3) is 0.133. The highest BCUT2D eigenvalue weighted by Gasteiger charge is 2.15. The van der Waals surface area contributed by atoms with Gasteiger partial charge in [0.05, 0.1) is 16.1 Å². The summed E-state index contributed by atoms with van der Waals surface area (Å²) in [4.78, 5) is 4.54. The summed E-state index contributed by atoms with van der Waals surface area (Å²) < 4.78 is 16.8. The zero-order valence-corrected chi connectivity index (χ0v) is 14.5. The van der Waals surface area contributed by atoms with E-state index in [1.165, 1.54) is 6.07 Å². The number of alkyl halides is 1. The van der Waals surface area contributed by atoms with Crippen molar-refractivity contribution in [2.75, 3.05) is 5.88 Å². The predicted molar refractivity (Wildman–Crippen MR) is 93.2 cm³/mol. The molecule has 6 heteroatoms. The molecule has 0 aliphatic rings. The van der Waals surface area contributed by atoms with E-state index in [1.54, 1.807) is 6.07 Å². The Morgan fingerprint density at radius 3 is 2.76 bits per heavy atom. The van der Waals surface area contributed by atoms with Gasteiger partial charge in [-0.25, -0.2) is 9.37 Å². The van der Waals surface area contributed by atoms with Gasteiger partial charge in [0.25, 0.3) is 0 Å². The second-order valence-corrected chi connectivity index (χ2v) is 6.57. The Hall–Kier alpha value is -0.850. The van der Waals surface area contributed by atoms with E-state index in [2.05, 4.69) is 27.6 Å². The van der Waals surface area contributed by atoms with Gasteiger partial charge >= 0.3 is 0 Å². The molecule has 0 unspecified atom stereocenters. The van der Waals surface area contributed by atoms with E-state index in [0.29, 0.717) is 23.3 Å². The third kappa shape index (κ3) is 2.89. The highest BCUT2D eigenvalue weighted by atomic mass is 127. The number of nitrogens with zero attached hydrogens (tertiary/aromatic N) is 2. The SMILES string of the molecule is Fc1cc2c(cc1Cl)nc(CCCl)n2-c1cccc(I)c1. The Labute approximate surface area is 145 Å². The van der Waals surface area contributed by atoms with Crippen LogP contribution < -0.4 is 0 Å². The van der Waals surface area contributed by atoms with E-state index in [9.17, 15) is 4.39 Å². The smallest absolute Gasteiger partial charge is 0.144 e. The van der Waals surface area contributed by atoms with Crippen molar-refractivity contribution in [1.82, 2.24) is 9.55 Å². The Kier molecular flexibility index (Phi) is 4.38. The number of halogens is 4. The standard InChI is InChI=1S/C15H10Cl2FIN2/c16-5-4-15-20-13-7-11(17)12(18)8-14(13)21(15)10-3-1-2-9(19)6-10/h1-3,6-8H,4-5H2. The van der Waals surface area contributed by atoms with E-state index in [1.807, 2.05) is 28.8 Å². The molecule has 108 valence electrons. The third-order valence-corrected chi connectivity index (χ3v) is 4.30. The fourth-order valence-corrected chi connectivity index (χ4v) is 3.13. The lowest BCUT2D eigenvalue weighted by Crippen LogP contribution is -2.02. The minimum absolute atomic E-state index is 0.0761. The molecule has 3 aromatic rings. The lowest BCUT2D eigenvalue weighted by atomic mass is 10.2. The maximum atomic E-state index is 13.8. The molecule has 0 aliphatic heterocycles. The van der Waals surface area contributed by atoms with Crippen LogP contribution in [0.4, 0.5) is 4.39 Å². The molecule has 0 spiro atoms. The topological polar surface area (TPSA) is 17.8 Å².